The highest BCUT2D eigenvalue weighted by Gasteiger charge is 2.46. The molecule has 5 rings (SSSR count). The molecule has 1 heterocycles. The maximum Gasteiger partial charge on any atom is 0.314 e. The summed E-state index contributed by atoms with van der Waals surface area (Å²) in [7, 11) is 0. The van der Waals surface area contributed by atoms with Crippen LogP contribution in [0.15, 0.2) is 72.8 Å². The van der Waals surface area contributed by atoms with Gasteiger partial charge in [-0.05, 0) is 47.6 Å². The lowest BCUT2D eigenvalue weighted by Gasteiger charge is -2.38. The highest BCUT2D eigenvalue weighted by atomic mass is 16.4. The lowest BCUT2D eigenvalue weighted by molar-refractivity contribution is -0.147. The highest BCUT2D eigenvalue weighted by Crippen LogP contribution is 2.44. The quantitative estimate of drug-likeness (QED) is 0.344. The first-order valence-electron chi connectivity index (χ1n) is 12.7. The summed E-state index contributed by atoms with van der Waals surface area (Å²) in [6, 6.07) is 26.6. The minimum Gasteiger partial charge on any atom is -0.481 e. The molecule has 36 heavy (non-hydrogen) atoms. The molecule has 0 bridgehead atoms. The number of fused-ring (bicyclic) bond motifs is 1. The van der Waals surface area contributed by atoms with Gasteiger partial charge in [0.15, 0.2) is 0 Å². The number of benzene rings is 3. The zero-order chi connectivity index (χ0) is 25.1. The van der Waals surface area contributed by atoms with Crippen LogP contribution in [0.1, 0.15) is 60.4 Å². The maximum atomic E-state index is 12.0. The monoisotopic (exact) mass is 480 g/mol. The molecule has 3 aromatic carbocycles. The van der Waals surface area contributed by atoms with Gasteiger partial charge in [0.25, 0.3) is 0 Å². The van der Waals surface area contributed by atoms with Crippen LogP contribution in [0.25, 0.3) is 0 Å². The predicted molar refractivity (Wildman–Crippen MR) is 142 cm³/mol. The first-order valence-corrected chi connectivity index (χ1v) is 12.7. The Morgan fingerprint density at radius 1 is 1.11 bits per heavy atom. The number of para-hydroxylation sites is 1. The fourth-order valence-electron chi connectivity index (χ4n) is 5.48. The van der Waals surface area contributed by atoms with E-state index in [2.05, 4.69) is 53.2 Å². The first-order chi connectivity index (χ1) is 17.5. The van der Waals surface area contributed by atoms with Crippen LogP contribution in [0.2, 0.25) is 0 Å². The lowest BCUT2D eigenvalue weighted by atomic mass is 9.64. The van der Waals surface area contributed by atoms with Crippen LogP contribution in [0, 0.1) is 11.3 Å². The molecular weight excluding hydrogens is 448 g/mol. The van der Waals surface area contributed by atoms with E-state index in [1.807, 2.05) is 48.5 Å². The van der Waals surface area contributed by atoms with Crippen molar-refractivity contribution in [3.8, 4) is 6.07 Å². The summed E-state index contributed by atoms with van der Waals surface area (Å²) in [6.45, 7) is 3.63. The Labute approximate surface area is 212 Å². The average molecular weight is 481 g/mol. The number of hydrogen-bond donors (Lipinski definition) is 4. The van der Waals surface area contributed by atoms with E-state index in [-0.39, 0.29) is 18.0 Å². The fourth-order valence-corrected chi connectivity index (χ4v) is 5.48. The topological polar surface area (TPSA) is 97.2 Å². The van der Waals surface area contributed by atoms with Crippen molar-refractivity contribution in [3.05, 3.63) is 95.1 Å². The molecule has 3 aromatic rings. The molecule has 3 atom stereocenters. The third kappa shape index (κ3) is 4.43. The molecular formula is C30H32N4O2. The maximum absolute atomic E-state index is 12.0. The number of carboxylic acid groups (broad SMARTS) is 1. The largest absolute Gasteiger partial charge is 0.481 e. The molecule has 0 amide bonds. The van der Waals surface area contributed by atoms with E-state index in [0.29, 0.717) is 18.4 Å². The molecule has 1 aliphatic heterocycles. The molecule has 1 aliphatic carbocycles. The van der Waals surface area contributed by atoms with Gasteiger partial charge in [0.1, 0.15) is 6.07 Å². The normalized spacial score (nSPS) is 19.4. The molecule has 2 aliphatic rings. The molecule has 1 saturated carbocycles. The summed E-state index contributed by atoms with van der Waals surface area (Å²) in [4.78, 5) is 12.0. The number of aliphatic carboxylic acids is 1. The molecule has 0 aromatic heterocycles. The van der Waals surface area contributed by atoms with Crippen molar-refractivity contribution in [1.29, 1.82) is 5.26 Å². The van der Waals surface area contributed by atoms with E-state index in [1.165, 1.54) is 5.56 Å². The molecule has 1 fully saturated rings. The Balaban J connectivity index is 1.36. The Hall–Kier alpha value is -3.82. The Kier molecular flexibility index (Phi) is 6.67. The molecule has 4 N–H and O–H groups in total. The number of nitrogens with zero attached hydrogens (tertiary/aromatic N) is 1. The van der Waals surface area contributed by atoms with Gasteiger partial charge >= 0.3 is 5.97 Å². The molecule has 0 saturated heterocycles. The van der Waals surface area contributed by atoms with E-state index in [1.54, 1.807) is 0 Å². The van der Waals surface area contributed by atoms with Crippen LogP contribution in [-0.4, -0.2) is 30.2 Å². The number of carboxylic acids is 1. The van der Waals surface area contributed by atoms with Crippen LogP contribution >= 0.6 is 0 Å². The van der Waals surface area contributed by atoms with Crippen molar-refractivity contribution in [3.63, 3.8) is 0 Å². The second kappa shape index (κ2) is 10.0. The smallest absolute Gasteiger partial charge is 0.314 e. The summed E-state index contributed by atoms with van der Waals surface area (Å²) < 4.78 is 0. The molecule has 6 nitrogen and oxygen atoms in total. The molecule has 184 valence electrons. The third-order valence-corrected chi connectivity index (χ3v) is 7.86. The van der Waals surface area contributed by atoms with Crippen molar-refractivity contribution >= 4 is 17.3 Å². The van der Waals surface area contributed by atoms with Crippen LogP contribution in [0.5, 0.6) is 0 Å². The van der Waals surface area contributed by atoms with Crippen LogP contribution in [0.3, 0.4) is 0 Å². The third-order valence-electron chi connectivity index (χ3n) is 7.86. The SMILES string of the molecule is CC(CN[C@H](c1ccccc1)[C@H]1CNc2cccc(C#N)c2N1)c1cccc(C2(C(=O)O)CCC2)c1. The minimum absolute atomic E-state index is 0.0150. The van der Waals surface area contributed by atoms with E-state index in [4.69, 9.17) is 0 Å². The summed E-state index contributed by atoms with van der Waals surface area (Å²) in [6.07, 6.45) is 2.38. The fraction of sp³-hybridized carbons (Fsp3) is 0.333. The van der Waals surface area contributed by atoms with Gasteiger partial charge in [-0.15, -0.1) is 0 Å². The Morgan fingerprint density at radius 2 is 1.86 bits per heavy atom. The van der Waals surface area contributed by atoms with E-state index in [9.17, 15) is 15.2 Å². The second-order valence-electron chi connectivity index (χ2n) is 10.0. The number of rotatable bonds is 8. The van der Waals surface area contributed by atoms with Crippen LogP contribution < -0.4 is 16.0 Å². The van der Waals surface area contributed by atoms with Gasteiger partial charge in [0.2, 0.25) is 0 Å². The Morgan fingerprint density at radius 3 is 2.56 bits per heavy atom. The lowest BCUT2D eigenvalue weighted by Crippen LogP contribution is -2.45. The first kappa shape index (κ1) is 23.9. The number of hydrogen-bond acceptors (Lipinski definition) is 5. The van der Waals surface area contributed by atoms with Crippen molar-refractivity contribution in [1.82, 2.24) is 5.32 Å². The predicted octanol–water partition coefficient (Wildman–Crippen LogP) is 5.41. The van der Waals surface area contributed by atoms with Crippen LogP contribution in [0.4, 0.5) is 11.4 Å². The van der Waals surface area contributed by atoms with Gasteiger partial charge in [0.05, 0.1) is 34.4 Å². The van der Waals surface area contributed by atoms with Gasteiger partial charge in [-0.3, -0.25) is 4.79 Å². The van der Waals surface area contributed by atoms with Gasteiger partial charge in [-0.25, -0.2) is 0 Å². The molecule has 6 heteroatoms. The van der Waals surface area contributed by atoms with Gasteiger partial charge in [-0.1, -0.05) is 74.0 Å². The molecule has 1 unspecified atom stereocenters. The van der Waals surface area contributed by atoms with Crippen molar-refractivity contribution in [2.75, 3.05) is 23.7 Å². The summed E-state index contributed by atoms with van der Waals surface area (Å²) in [5.74, 6) is -0.519. The highest BCUT2D eigenvalue weighted by molar-refractivity contribution is 5.82. The van der Waals surface area contributed by atoms with E-state index in [0.717, 1.165) is 42.0 Å². The summed E-state index contributed by atoms with van der Waals surface area (Å²) in [5, 5.41) is 30.4. The van der Waals surface area contributed by atoms with Gasteiger partial charge < -0.3 is 21.1 Å². The number of carbonyl (C=O) groups is 1. The van der Waals surface area contributed by atoms with Gasteiger partial charge in [-0.2, -0.15) is 5.26 Å². The van der Waals surface area contributed by atoms with E-state index >= 15 is 0 Å². The minimum atomic E-state index is -0.723. The number of nitriles is 1. The number of anilines is 2. The van der Waals surface area contributed by atoms with Crippen molar-refractivity contribution < 1.29 is 9.90 Å². The number of nitrogens with one attached hydrogen (secondary N) is 3. The zero-order valence-corrected chi connectivity index (χ0v) is 20.5. The molecule has 0 radical (unpaired) electrons. The Bertz CT molecular complexity index is 1280. The summed E-state index contributed by atoms with van der Waals surface area (Å²) >= 11 is 0. The average Bonchev–Trinajstić information content (AvgIpc) is 2.88. The zero-order valence-electron chi connectivity index (χ0n) is 20.5. The van der Waals surface area contributed by atoms with Crippen molar-refractivity contribution in [2.45, 2.75) is 49.6 Å². The van der Waals surface area contributed by atoms with Gasteiger partial charge in [0, 0.05) is 13.1 Å². The summed E-state index contributed by atoms with van der Waals surface area (Å²) in [5.41, 5.74) is 4.94. The molecule has 0 spiro atoms. The van der Waals surface area contributed by atoms with Crippen molar-refractivity contribution in [2.24, 2.45) is 0 Å². The standard InChI is InChI=1S/C30H32N4O2/c1-20(22-10-5-12-24(16-22)30(29(35)36)14-7-15-30)18-33-27(21-8-3-2-4-9-21)26-19-32-25-13-6-11-23(17-31)28(25)34-26/h2-6,8-13,16,20,26-27,32-34H,7,14-15,18-19H2,1H3,(H,35,36)/t20?,26-,27-/m1/s1. The van der Waals surface area contributed by atoms with Crippen LogP contribution in [-0.2, 0) is 10.2 Å². The second-order valence-corrected chi connectivity index (χ2v) is 10.0. The van der Waals surface area contributed by atoms with E-state index < -0.39 is 11.4 Å².